The Morgan fingerprint density at radius 1 is 1.05 bits per heavy atom. The first-order valence-corrected chi connectivity index (χ1v) is 5.92. The molecule has 1 aromatic carbocycles. The fourth-order valence-electron chi connectivity index (χ4n) is 1.53. The van der Waals surface area contributed by atoms with Crippen LogP contribution in [0.15, 0.2) is 12.1 Å². The number of rotatable bonds is 6. The summed E-state index contributed by atoms with van der Waals surface area (Å²) in [5.74, 6) is 0.0509. The van der Waals surface area contributed by atoms with E-state index >= 15 is 0 Å². The van der Waals surface area contributed by atoms with Crippen molar-refractivity contribution in [3.05, 3.63) is 22.7 Å². The average Bonchev–Trinajstić information content (AvgIpc) is 2.43. The topological polar surface area (TPSA) is 61.8 Å². The van der Waals surface area contributed by atoms with Crippen LogP contribution in [0.3, 0.4) is 0 Å². The zero-order valence-corrected chi connectivity index (χ0v) is 11.7. The Morgan fingerprint density at radius 3 is 2.21 bits per heavy atom. The van der Waals surface area contributed by atoms with E-state index in [-0.39, 0.29) is 18.6 Å². The molecular weight excluding hydrogens is 272 g/mol. The summed E-state index contributed by atoms with van der Waals surface area (Å²) in [6, 6.07) is 3.01. The Kier molecular flexibility index (Phi) is 5.63. The Balaban J connectivity index is 2.97. The molecule has 0 heterocycles. The van der Waals surface area contributed by atoms with Crippen molar-refractivity contribution in [2.45, 2.75) is 12.8 Å². The Labute approximate surface area is 116 Å². The van der Waals surface area contributed by atoms with E-state index in [1.807, 2.05) is 0 Å². The van der Waals surface area contributed by atoms with Crippen molar-refractivity contribution in [2.24, 2.45) is 0 Å². The molecule has 0 atom stereocenters. The number of benzene rings is 1. The van der Waals surface area contributed by atoms with Gasteiger partial charge < -0.3 is 14.2 Å². The van der Waals surface area contributed by atoms with E-state index in [4.69, 9.17) is 21.1 Å². The first kappa shape index (κ1) is 15.3. The standard InChI is InChI=1S/C13H15ClO5/c1-17-11-7-9(14)12(18-2)6-8(11)10(15)4-5-13(16)19-3/h6-7H,4-5H2,1-3H3. The first-order chi connectivity index (χ1) is 9.03. The van der Waals surface area contributed by atoms with Gasteiger partial charge in [-0.1, -0.05) is 11.6 Å². The smallest absolute Gasteiger partial charge is 0.305 e. The number of hydrogen-bond acceptors (Lipinski definition) is 5. The second kappa shape index (κ2) is 6.99. The van der Waals surface area contributed by atoms with Crippen LogP contribution in [-0.4, -0.2) is 33.1 Å². The molecule has 0 fully saturated rings. The molecule has 0 radical (unpaired) electrons. The van der Waals surface area contributed by atoms with E-state index in [9.17, 15) is 9.59 Å². The molecule has 0 unspecified atom stereocenters. The molecule has 0 aromatic heterocycles. The van der Waals surface area contributed by atoms with Crippen molar-refractivity contribution >= 4 is 23.4 Å². The number of ether oxygens (including phenoxy) is 3. The van der Waals surface area contributed by atoms with Crippen LogP contribution in [0.5, 0.6) is 11.5 Å². The number of carbonyl (C=O) groups is 2. The van der Waals surface area contributed by atoms with Crippen molar-refractivity contribution in [1.29, 1.82) is 0 Å². The van der Waals surface area contributed by atoms with E-state index in [0.29, 0.717) is 22.1 Å². The summed E-state index contributed by atoms with van der Waals surface area (Å²) in [5, 5.41) is 0.351. The molecule has 0 N–H and O–H groups in total. The molecule has 5 nitrogen and oxygen atoms in total. The third-order valence-corrected chi connectivity index (χ3v) is 2.85. The Morgan fingerprint density at radius 2 is 1.68 bits per heavy atom. The summed E-state index contributed by atoms with van der Waals surface area (Å²) in [6.45, 7) is 0. The molecular formula is C13H15ClO5. The molecule has 0 aliphatic carbocycles. The minimum atomic E-state index is -0.437. The highest BCUT2D eigenvalue weighted by molar-refractivity contribution is 6.32. The zero-order valence-electron chi connectivity index (χ0n) is 11.0. The third-order valence-electron chi connectivity index (χ3n) is 2.56. The van der Waals surface area contributed by atoms with Gasteiger partial charge in [-0.2, -0.15) is 0 Å². The highest BCUT2D eigenvalue weighted by Gasteiger charge is 2.17. The van der Waals surface area contributed by atoms with E-state index in [2.05, 4.69) is 4.74 Å². The molecule has 0 amide bonds. The molecule has 19 heavy (non-hydrogen) atoms. The summed E-state index contributed by atoms with van der Waals surface area (Å²) in [4.78, 5) is 23.1. The van der Waals surface area contributed by atoms with Gasteiger partial charge in [0.2, 0.25) is 0 Å². The van der Waals surface area contributed by atoms with Crippen LogP contribution in [-0.2, 0) is 9.53 Å². The van der Waals surface area contributed by atoms with Crippen LogP contribution in [0.4, 0.5) is 0 Å². The Hall–Kier alpha value is -1.75. The molecule has 1 aromatic rings. The van der Waals surface area contributed by atoms with Gasteiger partial charge in [-0.3, -0.25) is 9.59 Å². The summed E-state index contributed by atoms with van der Waals surface area (Å²) < 4.78 is 14.6. The highest BCUT2D eigenvalue weighted by atomic mass is 35.5. The predicted octanol–water partition coefficient (Wildman–Crippen LogP) is 2.49. The molecule has 0 spiro atoms. The molecule has 0 aliphatic heterocycles. The third kappa shape index (κ3) is 3.86. The van der Waals surface area contributed by atoms with E-state index in [1.165, 1.54) is 33.5 Å². The van der Waals surface area contributed by atoms with Crippen molar-refractivity contribution in [3.63, 3.8) is 0 Å². The lowest BCUT2D eigenvalue weighted by Gasteiger charge is -2.11. The number of methoxy groups -OCH3 is 3. The average molecular weight is 287 g/mol. The number of halogens is 1. The van der Waals surface area contributed by atoms with Crippen LogP contribution in [0.25, 0.3) is 0 Å². The van der Waals surface area contributed by atoms with Gasteiger partial charge in [0.25, 0.3) is 0 Å². The summed E-state index contributed by atoms with van der Waals surface area (Å²) >= 11 is 5.94. The predicted molar refractivity (Wildman–Crippen MR) is 70.1 cm³/mol. The lowest BCUT2D eigenvalue weighted by Crippen LogP contribution is -2.07. The molecule has 6 heteroatoms. The first-order valence-electron chi connectivity index (χ1n) is 5.55. The van der Waals surface area contributed by atoms with Gasteiger partial charge in [0.05, 0.1) is 38.3 Å². The van der Waals surface area contributed by atoms with Crippen LogP contribution < -0.4 is 9.47 Å². The van der Waals surface area contributed by atoms with Crippen molar-refractivity contribution < 1.29 is 23.8 Å². The normalized spacial score (nSPS) is 9.89. The maximum absolute atomic E-state index is 12.0. The van der Waals surface area contributed by atoms with Gasteiger partial charge in [-0.25, -0.2) is 0 Å². The van der Waals surface area contributed by atoms with Gasteiger partial charge in [0.1, 0.15) is 11.5 Å². The fourth-order valence-corrected chi connectivity index (χ4v) is 1.76. The zero-order chi connectivity index (χ0) is 14.4. The lowest BCUT2D eigenvalue weighted by atomic mass is 10.0. The lowest BCUT2D eigenvalue weighted by molar-refractivity contribution is -0.140. The molecule has 0 bridgehead atoms. The quantitative estimate of drug-likeness (QED) is 0.594. The van der Waals surface area contributed by atoms with E-state index < -0.39 is 5.97 Å². The number of carbonyl (C=O) groups excluding carboxylic acids is 2. The SMILES string of the molecule is COC(=O)CCC(=O)c1cc(OC)c(Cl)cc1OC. The Bertz CT molecular complexity index is 484. The number of Topliss-reactive ketones (excluding diaryl/α,β-unsaturated/α-hetero) is 1. The van der Waals surface area contributed by atoms with Crippen molar-refractivity contribution in [3.8, 4) is 11.5 Å². The van der Waals surface area contributed by atoms with E-state index in [0.717, 1.165) is 0 Å². The second-order valence-electron chi connectivity index (χ2n) is 3.69. The van der Waals surface area contributed by atoms with Gasteiger partial charge >= 0.3 is 5.97 Å². The maximum atomic E-state index is 12.0. The van der Waals surface area contributed by atoms with Crippen LogP contribution in [0.2, 0.25) is 5.02 Å². The summed E-state index contributed by atoms with van der Waals surface area (Å²) in [7, 11) is 4.17. The van der Waals surface area contributed by atoms with Crippen molar-refractivity contribution in [1.82, 2.24) is 0 Å². The van der Waals surface area contributed by atoms with Crippen LogP contribution in [0.1, 0.15) is 23.2 Å². The van der Waals surface area contributed by atoms with E-state index in [1.54, 1.807) is 0 Å². The molecule has 0 saturated carbocycles. The van der Waals surface area contributed by atoms with Crippen LogP contribution >= 0.6 is 11.6 Å². The largest absolute Gasteiger partial charge is 0.496 e. The number of ketones is 1. The molecule has 0 aliphatic rings. The minimum Gasteiger partial charge on any atom is -0.496 e. The molecule has 104 valence electrons. The van der Waals surface area contributed by atoms with Gasteiger partial charge in [0, 0.05) is 12.5 Å². The monoisotopic (exact) mass is 286 g/mol. The molecule has 0 saturated heterocycles. The van der Waals surface area contributed by atoms with Gasteiger partial charge in [0.15, 0.2) is 5.78 Å². The maximum Gasteiger partial charge on any atom is 0.305 e. The van der Waals surface area contributed by atoms with Gasteiger partial charge in [-0.05, 0) is 6.07 Å². The summed E-state index contributed by atoms with van der Waals surface area (Å²) in [5.41, 5.74) is 0.327. The number of hydrogen-bond donors (Lipinski definition) is 0. The van der Waals surface area contributed by atoms with Gasteiger partial charge in [-0.15, -0.1) is 0 Å². The highest BCUT2D eigenvalue weighted by Crippen LogP contribution is 2.33. The molecule has 1 rings (SSSR count). The minimum absolute atomic E-state index is 0.0173. The van der Waals surface area contributed by atoms with Crippen LogP contribution in [0, 0.1) is 0 Å². The fraction of sp³-hybridized carbons (Fsp3) is 0.385. The number of esters is 1. The van der Waals surface area contributed by atoms with Crippen molar-refractivity contribution in [2.75, 3.05) is 21.3 Å². The summed E-state index contributed by atoms with van der Waals surface area (Å²) in [6.07, 6.45) is 0.0528. The second-order valence-corrected chi connectivity index (χ2v) is 4.09.